The maximum atomic E-state index is 10.9. The largest absolute Gasteiger partial charge is 0.361 e. The van der Waals surface area contributed by atoms with Gasteiger partial charge in [0.25, 0.3) is 5.69 Å². The van der Waals surface area contributed by atoms with Crippen molar-refractivity contribution >= 4 is 40.3 Å². The summed E-state index contributed by atoms with van der Waals surface area (Å²) in [6, 6.07) is 14.6. The number of rotatable bonds is 8. The first-order chi connectivity index (χ1) is 13.0. The molecule has 0 aromatic heterocycles. The summed E-state index contributed by atoms with van der Waals surface area (Å²) >= 11 is 11.5. The maximum absolute atomic E-state index is 10.9. The lowest BCUT2D eigenvalue weighted by atomic mass is 10.1. The summed E-state index contributed by atoms with van der Waals surface area (Å²) < 4.78 is 0. The van der Waals surface area contributed by atoms with Crippen LogP contribution in [0.3, 0.4) is 0 Å². The molecule has 0 bridgehead atoms. The monoisotopic (exact) mass is 406 g/mol. The van der Waals surface area contributed by atoms with Crippen LogP contribution in [0.15, 0.2) is 48.5 Å². The van der Waals surface area contributed by atoms with Crippen molar-refractivity contribution in [3.05, 3.63) is 69.2 Å². The maximum Gasteiger partial charge on any atom is 0.271 e. The second-order valence-electron chi connectivity index (χ2n) is 5.90. The number of anilines is 1. The molecule has 0 saturated carbocycles. The van der Waals surface area contributed by atoms with Gasteiger partial charge in [-0.15, -0.1) is 0 Å². The number of likely N-dealkylation sites (N-methyl/N-ethyl adjacent to an activating group) is 1. The van der Waals surface area contributed by atoms with Crippen molar-refractivity contribution in [3.8, 4) is 0 Å². The number of nitro benzene ring substituents is 1. The van der Waals surface area contributed by atoms with Gasteiger partial charge in [-0.3, -0.25) is 15.0 Å². The quantitative estimate of drug-likeness (QED) is 0.378. The highest BCUT2D eigenvalue weighted by molar-refractivity contribution is 7.80. The van der Waals surface area contributed by atoms with Crippen molar-refractivity contribution in [2.75, 3.05) is 25.0 Å². The molecule has 27 heavy (non-hydrogen) atoms. The van der Waals surface area contributed by atoms with E-state index in [4.69, 9.17) is 23.8 Å². The first-order valence-corrected chi connectivity index (χ1v) is 9.52. The minimum absolute atomic E-state index is 0.0463. The van der Waals surface area contributed by atoms with E-state index < -0.39 is 4.92 Å². The fourth-order valence-corrected chi connectivity index (χ4v) is 3.23. The molecule has 2 rings (SSSR count). The lowest BCUT2D eigenvalue weighted by Gasteiger charge is -2.30. The fraction of sp³-hybridized carbons (Fsp3) is 0.316. The van der Waals surface area contributed by atoms with Crippen LogP contribution in [0.25, 0.3) is 0 Å². The van der Waals surface area contributed by atoms with E-state index in [0.29, 0.717) is 22.4 Å². The Kier molecular flexibility index (Phi) is 7.97. The highest BCUT2D eigenvalue weighted by Crippen LogP contribution is 2.26. The van der Waals surface area contributed by atoms with Crippen molar-refractivity contribution in [1.82, 2.24) is 10.2 Å². The molecule has 0 aliphatic carbocycles. The van der Waals surface area contributed by atoms with Crippen LogP contribution in [0.5, 0.6) is 0 Å². The smallest absolute Gasteiger partial charge is 0.271 e. The van der Waals surface area contributed by atoms with E-state index in [1.165, 1.54) is 23.8 Å². The van der Waals surface area contributed by atoms with E-state index in [1.807, 2.05) is 18.2 Å². The van der Waals surface area contributed by atoms with Gasteiger partial charge >= 0.3 is 0 Å². The molecule has 0 heterocycles. The summed E-state index contributed by atoms with van der Waals surface area (Å²) in [4.78, 5) is 12.8. The standard InChI is InChI=1S/C19H23ClN4O2S/c1-3-23(4-2)18(14-8-6-5-7-9-14)13-21-19(27)22-17-12-15(24(25)26)10-11-16(17)20/h5-12,18H,3-4,13H2,1-2H3,(H2,21,22,27)/t18-/m0/s1. The van der Waals surface area contributed by atoms with E-state index >= 15 is 0 Å². The molecule has 144 valence electrons. The van der Waals surface area contributed by atoms with Crippen LogP contribution < -0.4 is 10.6 Å². The summed E-state index contributed by atoms with van der Waals surface area (Å²) in [7, 11) is 0. The van der Waals surface area contributed by atoms with Crippen molar-refractivity contribution < 1.29 is 4.92 Å². The van der Waals surface area contributed by atoms with E-state index in [9.17, 15) is 10.1 Å². The van der Waals surface area contributed by atoms with Crippen LogP contribution in [-0.2, 0) is 0 Å². The Hall–Kier alpha value is -2.22. The van der Waals surface area contributed by atoms with Crippen molar-refractivity contribution in [2.45, 2.75) is 19.9 Å². The van der Waals surface area contributed by atoms with Crippen molar-refractivity contribution in [3.63, 3.8) is 0 Å². The lowest BCUT2D eigenvalue weighted by Crippen LogP contribution is -2.39. The Labute approximate surface area is 169 Å². The number of benzene rings is 2. The first kappa shape index (κ1) is 21.1. The average Bonchev–Trinajstić information content (AvgIpc) is 2.67. The van der Waals surface area contributed by atoms with Gasteiger partial charge in [0.15, 0.2) is 5.11 Å². The van der Waals surface area contributed by atoms with Crippen LogP contribution in [-0.4, -0.2) is 34.6 Å². The Balaban J connectivity index is 2.08. The summed E-state index contributed by atoms with van der Waals surface area (Å²) in [5.74, 6) is 0. The number of nitro groups is 1. The van der Waals surface area contributed by atoms with Gasteiger partial charge in [0.2, 0.25) is 0 Å². The highest BCUT2D eigenvalue weighted by Gasteiger charge is 2.18. The molecule has 0 unspecified atom stereocenters. The molecule has 0 aliphatic heterocycles. The molecule has 2 aromatic rings. The molecular weight excluding hydrogens is 384 g/mol. The Morgan fingerprint density at radius 3 is 2.48 bits per heavy atom. The minimum atomic E-state index is -0.468. The van der Waals surface area contributed by atoms with Gasteiger partial charge < -0.3 is 10.6 Å². The molecule has 0 saturated heterocycles. The second-order valence-corrected chi connectivity index (χ2v) is 6.72. The topological polar surface area (TPSA) is 70.4 Å². The number of hydrogen-bond acceptors (Lipinski definition) is 4. The van der Waals surface area contributed by atoms with Crippen molar-refractivity contribution in [2.24, 2.45) is 0 Å². The number of thiocarbonyl (C=S) groups is 1. The first-order valence-electron chi connectivity index (χ1n) is 8.74. The van der Waals surface area contributed by atoms with Crippen molar-refractivity contribution in [1.29, 1.82) is 0 Å². The molecule has 0 fully saturated rings. The van der Waals surface area contributed by atoms with Crippen LogP contribution in [0.1, 0.15) is 25.5 Å². The minimum Gasteiger partial charge on any atom is -0.361 e. The molecule has 8 heteroatoms. The van der Waals surface area contributed by atoms with Crippen LogP contribution >= 0.6 is 23.8 Å². The van der Waals surface area contributed by atoms with E-state index in [-0.39, 0.29) is 11.7 Å². The lowest BCUT2D eigenvalue weighted by molar-refractivity contribution is -0.384. The van der Waals surface area contributed by atoms with Gasteiger partial charge in [-0.25, -0.2) is 0 Å². The third-order valence-corrected chi connectivity index (χ3v) is 4.88. The van der Waals surface area contributed by atoms with Gasteiger partial charge in [0, 0.05) is 18.7 Å². The Morgan fingerprint density at radius 1 is 1.22 bits per heavy atom. The third-order valence-electron chi connectivity index (χ3n) is 4.30. The zero-order chi connectivity index (χ0) is 19.8. The highest BCUT2D eigenvalue weighted by atomic mass is 35.5. The van der Waals surface area contributed by atoms with E-state index in [0.717, 1.165) is 13.1 Å². The Morgan fingerprint density at radius 2 is 1.89 bits per heavy atom. The number of nitrogens with one attached hydrogen (secondary N) is 2. The molecule has 0 amide bonds. The molecular formula is C19H23ClN4O2S. The summed E-state index contributed by atoms with van der Waals surface area (Å²) in [5, 5.41) is 17.8. The molecule has 0 aliphatic rings. The van der Waals surface area contributed by atoms with Gasteiger partial charge in [-0.1, -0.05) is 55.8 Å². The summed E-state index contributed by atoms with van der Waals surface area (Å²) in [5.41, 5.74) is 1.56. The molecule has 0 radical (unpaired) electrons. The third kappa shape index (κ3) is 5.89. The fourth-order valence-electron chi connectivity index (χ4n) is 2.88. The number of nitrogens with zero attached hydrogens (tertiary/aromatic N) is 2. The van der Waals surface area contributed by atoms with Gasteiger partial charge in [-0.05, 0) is 36.9 Å². The zero-order valence-electron chi connectivity index (χ0n) is 15.3. The van der Waals surface area contributed by atoms with E-state index in [2.05, 4.69) is 41.5 Å². The molecule has 1 atom stereocenters. The number of non-ortho nitro benzene ring substituents is 1. The predicted molar refractivity (Wildman–Crippen MR) is 114 cm³/mol. The van der Waals surface area contributed by atoms with Crippen LogP contribution in [0, 0.1) is 10.1 Å². The molecule has 2 aromatic carbocycles. The molecule has 6 nitrogen and oxygen atoms in total. The second kappa shape index (κ2) is 10.2. The van der Waals surface area contributed by atoms with Gasteiger partial charge in [0.05, 0.1) is 21.7 Å². The summed E-state index contributed by atoms with van der Waals surface area (Å²) in [6.07, 6.45) is 0. The van der Waals surface area contributed by atoms with Gasteiger partial charge in [-0.2, -0.15) is 0 Å². The average molecular weight is 407 g/mol. The normalized spacial score (nSPS) is 11.9. The van der Waals surface area contributed by atoms with E-state index in [1.54, 1.807) is 0 Å². The Bertz CT molecular complexity index is 785. The van der Waals surface area contributed by atoms with Gasteiger partial charge in [0.1, 0.15) is 0 Å². The predicted octanol–water partition coefficient (Wildman–Crippen LogP) is 4.62. The van der Waals surface area contributed by atoms with Crippen LogP contribution in [0.2, 0.25) is 5.02 Å². The van der Waals surface area contributed by atoms with Crippen LogP contribution in [0.4, 0.5) is 11.4 Å². The molecule has 2 N–H and O–H groups in total. The SMILES string of the molecule is CCN(CC)[C@@H](CNC(=S)Nc1cc([N+](=O)[O-])ccc1Cl)c1ccccc1. The number of halogens is 1. The number of hydrogen-bond donors (Lipinski definition) is 2. The summed E-state index contributed by atoms with van der Waals surface area (Å²) in [6.45, 7) is 6.67. The zero-order valence-corrected chi connectivity index (χ0v) is 16.9. The molecule has 0 spiro atoms.